The first kappa shape index (κ1) is 15.7. The van der Waals surface area contributed by atoms with Crippen molar-refractivity contribution in [3.05, 3.63) is 59.0 Å². The summed E-state index contributed by atoms with van der Waals surface area (Å²) in [5, 5.41) is 6.71. The maximum absolute atomic E-state index is 13.4. The van der Waals surface area contributed by atoms with Crippen molar-refractivity contribution < 1.29 is 13.6 Å². The number of nitrogens with one attached hydrogen (secondary N) is 1. The number of fused-ring (bicyclic) bond motifs is 1. The molecule has 2 heterocycles. The molecule has 128 valence electrons. The lowest BCUT2D eigenvalue weighted by Gasteiger charge is -2.08. The highest BCUT2D eigenvalue weighted by Gasteiger charge is 2.29. The van der Waals surface area contributed by atoms with Crippen molar-refractivity contribution in [1.29, 1.82) is 0 Å². The number of hydrogen-bond donors (Lipinski definition) is 1. The predicted octanol–water partition coefficient (Wildman–Crippen LogP) is 4.11. The summed E-state index contributed by atoms with van der Waals surface area (Å²) < 4.78 is 27.8. The molecule has 4 rings (SSSR count). The minimum absolute atomic E-state index is 0.171. The number of carbonyl (C=O) groups is 1. The smallest absolute Gasteiger partial charge is 0.280 e. The Bertz CT molecular complexity index is 946. The number of hydrogen-bond acceptors (Lipinski definition) is 3. The van der Waals surface area contributed by atoms with Crippen molar-refractivity contribution in [2.45, 2.75) is 32.1 Å². The average molecular weight is 342 g/mol. The first-order valence-corrected chi connectivity index (χ1v) is 8.07. The van der Waals surface area contributed by atoms with E-state index < -0.39 is 12.3 Å². The van der Waals surface area contributed by atoms with Crippen molar-refractivity contribution in [2.24, 2.45) is 0 Å². The summed E-state index contributed by atoms with van der Waals surface area (Å²) >= 11 is 0. The molecule has 0 unspecified atom stereocenters. The number of amides is 1. The fraction of sp³-hybridized carbons (Fsp3) is 0.278. The summed E-state index contributed by atoms with van der Waals surface area (Å²) in [6, 6.07) is 8.72. The first-order valence-electron chi connectivity index (χ1n) is 8.07. The van der Waals surface area contributed by atoms with Gasteiger partial charge in [0.05, 0.1) is 6.20 Å². The first-order chi connectivity index (χ1) is 12.0. The molecule has 1 N–H and O–H groups in total. The highest BCUT2D eigenvalue weighted by Crippen LogP contribution is 2.40. The molecule has 0 saturated heterocycles. The molecule has 3 aromatic rings. The van der Waals surface area contributed by atoms with Gasteiger partial charge >= 0.3 is 0 Å². The molecule has 1 aromatic carbocycles. The van der Waals surface area contributed by atoms with Crippen molar-refractivity contribution in [3.8, 4) is 0 Å². The van der Waals surface area contributed by atoms with Gasteiger partial charge in [-0.3, -0.25) is 4.79 Å². The van der Waals surface area contributed by atoms with Crippen LogP contribution in [0.25, 0.3) is 5.65 Å². The van der Waals surface area contributed by atoms with E-state index in [1.807, 2.05) is 19.1 Å². The predicted molar refractivity (Wildman–Crippen MR) is 89.1 cm³/mol. The number of aryl methyl sites for hydroxylation is 1. The number of aromatic nitrogens is 3. The molecule has 0 radical (unpaired) electrons. The number of carbonyl (C=O) groups excluding carboxylic acids is 1. The minimum Gasteiger partial charge on any atom is -0.322 e. The molecule has 1 amide bonds. The van der Waals surface area contributed by atoms with E-state index >= 15 is 0 Å². The standard InChI is InChI=1S/C18H16F2N4O/c1-10-2-6-12(7-3-10)22-18(25)13-9-21-24-15(16(19)20)8-14(11-4-5-11)23-17(13)24/h2-3,6-9,11,16H,4-5H2,1H3,(H,22,25). The Kier molecular flexibility index (Phi) is 3.71. The van der Waals surface area contributed by atoms with E-state index in [-0.39, 0.29) is 22.8 Å². The minimum atomic E-state index is -2.68. The molecule has 2 aromatic heterocycles. The number of rotatable bonds is 4. The van der Waals surface area contributed by atoms with Crippen LogP contribution in [-0.2, 0) is 0 Å². The third-order valence-corrected chi connectivity index (χ3v) is 4.29. The number of nitrogens with zero attached hydrogens (tertiary/aromatic N) is 3. The highest BCUT2D eigenvalue weighted by atomic mass is 19.3. The van der Waals surface area contributed by atoms with E-state index in [0.717, 1.165) is 22.9 Å². The third kappa shape index (κ3) is 2.97. The molecule has 1 aliphatic rings. The molecular weight excluding hydrogens is 326 g/mol. The number of anilines is 1. The van der Waals surface area contributed by atoms with Crippen LogP contribution in [0.1, 0.15) is 52.5 Å². The van der Waals surface area contributed by atoms with E-state index in [1.165, 1.54) is 12.3 Å². The SMILES string of the molecule is Cc1ccc(NC(=O)c2cnn3c(C(F)F)cc(C4CC4)nc23)cc1. The summed E-state index contributed by atoms with van der Waals surface area (Å²) in [6.07, 6.45) is 0.473. The summed E-state index contributed by atoms with van der Waals surface area (Å²) in [5.41, 5.74) is 2.43. The van der Waals surface area contributed by atoms with Crippen LogP contribution in [0.15, 0.2) is 36.5 Å². The third-order valence-electron chi connectivity index (χ3n) is 4.29. The maximum atomic E-state index is 13.4. The zero-order valence-corrected chi connectivity index (χ0v) is 13.5. The molecule has 1 aliphatic carbocycles. The monoisotopic (exact) mass is 342 g/mol. The summed E-state index contributed by atoms with van der Waals surface area (Å²) in [4.78, 5) is 17.0. The van der Waals surface area contributed by atoms with Gasteiger partial charge in [0, 0.05) is 17.3 Å². The summed E-state index contributed by atoms with van der Waals surface area (Å²) in [6.45, 7) is 1.95. The van der Waals surface area contributed by atoms with Crippen LogP contribution in [0, 0.1) is 6.92 Å². The number of halogens is 2. The van der Waals surface area contributed by atoms with E-state index in [4.69, 9.17) is 0 Å². The normalized spacial score (nSPS) is 14.2. The number of alkyl halides is 2. The molecule has 0 atom stereocenters. The van der Waals surface area contributed by atoms with Crippen LogP contribution in [0.2, 0.25) is 0 Å². The lowest BCUT2D eigenvalue weighted by atomic mass is 10.2. The molecular formula is C18H16F2N4O. The van der Waals surface area contributed by atoms with Crippen LogP contribution >= 0.6 is 0 Å². The second-order valence-corrected chi connectivity index (χ2v) is 6.29. The Morgan fingerprint density at radius 1 is 1.28 bits per heavy atom. The molecule has 0 bridgehead atoms. The quantitative estimate of drug-likeness (QED) is 0.776. The molecule has 0 aliphatic heterocycles. The average Bonchev–Trinajstić information content (AvgIpc) is 3.35. The lowest BCUT2D eigenvalue weighted by Crippen LogP contribution is -2.13. The van der Waals surface area contributed by atoms with Crippen molar-refractivity contribution in [2.75, 3.05) is 5.32 Å². The lowest BCUT2D eigenvalue weighted by molar-refractivity contribution is 0.102. The molecule has 25 heavy (non-hydrogen) atoms. The molecule has 5 nitrogen and oxygen atoms in total. The van der Waals surface area contributed by atoms with Gasteiger partial charge in [0.2, 0.25) is 0 Å². The van der Waals surface area contributed by atoms with Gasteiger partial charge in [-0.25, -0.2) is 18.3 Å². The fourth-order valence-electron chi connectivity index (χ4n) is 2.74. The Labute approximate surface area is 142 Å². The topological polar surface area (TPSA) is 59.3 Å². The van der Waals surface area contributed by atoms with E-state index in [0.29, 0.717) is 11.4 Å². The second kappa shape index (κ2) is 5.91. The van der Waals surface area contributed by atoms with Gasteiger partial charge in [-0.1, -0.05) is 17.7 Å². The van der Waals surface area contributed by atoms with Gasteiger partial charge in [0.1, 0.15) is 11.3 Å². The Morgan fingerprint density at radius 3 is 2.64 bits per heavy atom. The van der Waals surface area contributed by atoms with E-state index in [9.17, 15) is 13.6 Å². The van der Waals surface area contributed by atoms with E-state index in [1.54, 1.807) is 12.1 Å². The summed E-state index contributed by atoms with van der Waals surface area (Å²) in [7, 11) is 0. The zero-order chi connectivity index (χ0) is 17.6. The fourth-order valence-corrected chi connectivity index (χ4v) is 2.74. The highest BCUT2D eigenvalue weighted by molar-refractivity contribution is 6.08. The number of benzene rings is 1. The van der Waals surface area contributed by atoms with Crippen LogP contribution in [0.5, 0.6) is 0 Å². The Morgan fingerprint density at radius 2 is 2.00 bits per heavy atom. The van der Waals surface area contributed by atoms with Gasteiger partial charge < -0.3 is 5.32 Å². The maximum Gasteiger partial charge on any atom is 0.280 e. The van der Waals surface area contributed by atoms with Crippen molar-refractivity contribution >= 4 is 17.2 Å². The molecule has 1 saturated carbocycles. The van der Waals surface area contributed by atoms with Gasteiger partial charge in [-0.2, -0.15) is 5.10 Å². The van der Waals surface area contributed by atoms with Crippen molar-refractivity contribution in [1.82, 2.24) is 14.6 Å². The second-order valence-electron chi connectivity index (χ2n) is 6.29. The van der Waals surface area contributed by atoms with Gasteiger partial charge in [-0.05, 0) is 38.0 Å². The zero-order valence-electron chi connectivity index (χ0n) is 13.5. The van der Waals surface area contributed by atoms with Crippen LogP contribution < -0.4 is 5.32 Å². The van der Waals surface area contributed by atoms with Gasteiger partial charge in [0.15, 0.2) is 5.65 Å². The van der Waals surface area contributed by atoms with Gasteiger partial charge in [0.25, 0.3) is 12.3 Å². The van der Waals surface area contributed by atoms with Crippen molar-refractivity contribution in [3.63, 3.8) is 0 Å². The van der Waals surface area contributed by atoms with Gasteiger partial charge in [-0.15, -0.1) is 0 Å². The molecule has 1 fully saturated rings. The summed E-state index contributed by atoms with van der Waals surface area (Å²) in [5.74, 6) is -0.218. The van der Waals surface area contributed by atoms with Crippen LogP contribution in [0.4, 0.5) is 14.5 Å². The van der Waals surface area contributed by atoms with E-state index in [2.05, 4.69) is 15.4 Å². The Balaban J connectivity index is 1.74. The van der Waals surface area contributed by atoms with Crippen LogP contribution in [0.3, 0.4) is 0 Å². The Hall–Kier alpha value is -2.83. The molecule has 7 heteroatoms. The molecule has 0 spiro atoms. The van der Waals surface area contributed by atoms with Crippen LogP contribution in [-0.4, -0.2) is 20.5 Å². The largest absolute Gasteiger partial charge is 0.322 e.